The molecule has 0 radical (unpaired) electrons. The fourth-order valence-corrected chi connectivity index (χ4v) is 4.08. The van der Waals surface area contributed by atoms with Gasteiger partial charge in [0.15, 0.2) is 0 Å². The Hall–Kier alpha value is -1.02. The Bertz CT molecular complexity index is 483. The Balaban J connectivity index is 1.59. The summed E-state index contributed by atoms with van der Waals surface area (Å²) in [7, 11) is 0. The van der Waals surface area contributed by atoms with E-state index < -0.39 is 0 Å². The van der Waals surface area contributed by atoms with Crippen LogP contribution in [0.25, 0.3) is 0 Å². The van der Waals surface area contributed by atoms with Gasteiger partial charge in [-0.2, -0.15) is 0 Å². The molecule has 0 bridgehead atoms. The number of hydrogen-bond donors (Lipinski definition) is 1. The molecule has 3 rings (SSSR count). The number of halogens is 1. The van der Waals surface area contributed by atoms with E-state index in [1.54, 1.807) is 0 Å². The van der Waals surface area contributed by atoms with Gasteiger partial charge in [0.25, 0.3) is 0 Å². The van der Waals surface area contributed by atoms with Crippen molar-refractivity contribution in [3.63, 3.8) is 0 Å². The van der Waals surface area contributed by atoms with Gasteiger partial charge in [0, 0.05) is 12.4 Å². The lowest BCUT2D eigenvalue weighted by molar-refractivity contribution is -0.123. The van der Waals surface area contributed by atoms with Gasteiger partial charge in [0.2, 0.25) is 5.91 Å². The largest absolute Gasteiger partial charge is 0.355 e. The molecule has 1 N–H and O–H groups in total. The minimum Gasteiger partial charge on any atom is -0.355 e. The molecule has 1 amide bonds. The van der Waals surface area contributed by atoms with Crippen LogP contribution in [0.3, 0.4) is 0 Å². The maximum atomic E-state index is 12.6. The fourth-order valence-electron chi connectivity index (χ4n) is 3.68. The molecule has 2 saturated carbocycles. The molecule has 1 aromatic carbocycles. The van der Waals surface area contributed by atoms with Crippen LogP contribution in [0.4, 0.5) is 0 Å². The topological polar surface area (TPSA) is 29.1 Å². The molecule has 0 heterocycles. The van der Waals surface area contributed by atoms with E-state index in [-0.39, 0.29) is 11.3 Å². The van der Waals surface area contributed by atoms with E-state index in [2.05, 4.69) is 17.4 Å². The molecule has 2 unspecified atom stereocenters. The molecule has 0 spiro atoms. The van der Waals surface area contributed by atoms with Crippen molar-refractivity contribution in [2.24, 2.45) is 11.8 Å². The van der Waals surface area contributed by atoms with Gasteiger partial charge >= 0.3 is 0 Å². The number of nitrogens with one attached hydrogen (secondary N) is 1. The number of carbonyl (C=O) groups excluding carboxylic acids is 1. The minimum atomic E-state index is -0.244. The van der Waals surface area contributed by atoms with E-state index in [9.17, 15) is 4.79 Å². The van der Waals surface area contributed by atoms with Gasteiger partial charge < -0.3 is 5.32 Å². The molecule has 21 heavy (non-hydrogen) atoms. The van der Waals surface area contributed by atoms with Crippen molar-refractivity contribution in [1.82, 2.24) is 5.32 Å². The summed E-state index contributed by atoms with van der Waals surface area (Å²) in [5, 5.41) is 3.22. The highest BCUT2D eigenvalue weighted by Crippen LogP contribution is 2.48. The first-order valence-corrected chi connectivity index (χ1v) is 8.69. The first kappa shape index (κ1) is 14.9. The number of rotatable bonds is 5. The Morgan fingerprint density at radius 3 is 2.43 bits per heavy atom. The van der Waals surface area contributed by atoms with Crippen molar-refractivity contribution in [1.29, 1.82) is 0 Å². The number of carbonyl (C=O) groups is 1. The SMILES string of the molecule is O=C(NCC1CCCCC1CCl)C1(c2ccccc2)CC1. The lowest BCUT2D eigenvalue weighted by atomic mass is 9.80. The van der Waals surface area contributed by atoms with E-state index in [4.69, 9.17) is 11.6 Å². The molecule has 2 atom stereocenters. The predicted molar refractivity (Wildman–Crippen MR) is 86.5 cm³/mol. The summed E-state index contributed by atoms with van der Waals surface area (Å²) >= 11 is 6.08. The molecule has 114 valence electrons. The Morgan fingerprint density at radius 2 is 1.81 bits per heavy atom. The van der Waals surface area contributed by atoms with E-state index in [1.165, 1.54) is 31.2 Å². The van der Waals surface area contributed by atoms with Crippen LogP contribution < -0.4 is 5.32 Å². The van der Waals surface area contributed by atoms with Crippen LogP contribution in [-0.4, -0.2) is 18.3 Å². The Labute approximate surface area is 132 Å². The first-order valence-electron chi connectivity index (χ1n) is 8.16. The molecule has 1 aromatic rings. The second-order valence-electron chi connectivity index (χ2n) is 6.62. The molecule has 0 saturated heterocycles. The van der Waals surface area contributed by atoms with Crippen molar-refractivity contribution >= 4 is 17.5 Å². The highest BCUT2D eigenvalue weighted by Gasteiger charge is 2.51. The van der Waals surface area contributed by atoms with Crippen LogP contribution in [0.15, 0.2) is 30.3 Å². The van der Waals surface area contributed by atoms with Crippen molar-refractivity contribution in [3.05, 3.63) is 35.9 Å². The van der Waals surface area contributed by atoms with Crippen molar-refractivity contribution in [2.45, 2.75) is 43.9 Å². The Kier molecular flexibility index (Phi) is 4.54. The molecular weight excluding hydrogens is 282 g/mol. The van der Waals surface area contributed by atoms with Gasteiger partial charge in [-0.25, -0.2) is 0 Å². The van der Waals surface area contributed by atoms with Crippen molar-refractivity contribution in [2.75, 3.05) is 12.4 Å². The van der Waals surface area contributed by atoms with Gasteiger partial charge in [-0.1, -0.05) is 43.2 Å². The van der Waals surface area contributed by atoms with Crippen molar-refractivity contribution in [3.8, 4) is 0 Å². The highest BCUT2D eigenvalue weighted by molar-refractivity contribution is 6.18. The van der Waals surface area contributed by atoms with E-state index in [1.807, 2.05) is 18.2 Å². The second kappa shape index (κ2) is 6.39. The summed E-state index contributed by atoms with van der Waals surface area (Å²) in [5.74, 6) is 2.08. The number of alkyl halides is 1. The van der Waals surface area contributed by atoms with Crippen LogP contribution in [0, 0.1) is 11.8 Å². The Morgan fingerprint density at radius 1 is 1.14 bits per heavy atom. The standard InChI is InChI=1S/C18H24ClNO/c19-12-14-6-4-5-7-15(14)13-20-17(21)18(10-11-18)16-8-2-1-3-9-16/h1-3,8-9,14-15H,4-7,10-13H2,(H,20,21). The zero-order chi connectivity index (χ0) is 14.7. The summed E-state index contributed by atoms with van der Waals surface area (Å²) in [6, 6.07) is 10.2. The van der Waals surface area contributed by atoms with E-state index in [0.717, 1.165) is 25.3 Å². The quantitative estimate of drug-likeness (QED) is 0.822. The summed E-state index contributed by atoms with van der Waals surface area (Å²) in [6.07, 6.45) is 6.94. The smallest absolute Gasteiger partial charge is 0.230 e. The monoisotopic (exact) mass is 305 g/mol. The first-order chi connectivity index (χ1) is 10.3. The molecule has 0 aromatic heterocycles. The molecule has 2 fully saturated rings. The van der Waals surface area contributed by atoms with Gasteiger partial charge in [-0.3, -0.25) is 4.79 Å². The zero-order valence-corrected chi connectivity index (χ0v) is 13.2. The maximum Gasteiger partial charge on any atom is 0.230 e. The summed E-state index contributed by atoms with van der Waals surface area (Å²) in [5.41, 5.74) is 0.923. The lowest BCUT2D eigenvalue weighted by Crippen LogP contribution is -2.40. The summed E-state index contributed by atoms with van der Waals surface area (Å²) < 4.78 is 0. The van der Waals surface area contributed by atoms with Crippen LogP contribution in [0.2, 0.25) is 0 Å². The van der Waals surface area contributed by atoms with Gasteiger partial charge in [0.05, 0.1) is 5.41 Å². The third kappa shape index (κ3) is 3.11. The third-order valence-electron chi connectivity index (χ3n) is 5.30. The normalized spacial score (nSPS) is 27.1. The van der Waals surface area contributed by atoms with Crippen molar-refractivity contribution < 1.29 is 4.79 Å². The zero-order valence-electron chi connectivity index (χ0n) is 12.5. The van der Waals surface area contributed by atoms with Gasteiger partial charge in [-0.05, 0) is 43.1 Å². The highest BCUT2D eigenvalue weighted by atomic mass is 35.5. The fraction of sp³-hybridized carbons (Fsp3) is 0.611. The molecule has 2 nitrogen and oxygen atoms in total. The average molecular weight is 306 g/mol. The molecule has 2 aliphatic carbocycles. The minimum absolute atomic E-state index is 0.215. The van der Waals surface area contributed by atoms with Gasteiger partial charge in [-0.15, -0.1) is 11.6 Å². The van der Waals surface area contributed by atoms with Gasteiger partial charge in [0.1, 0.15) is 0 Å². The lowest BCUT2D eigenvalue weighted by Gasteiger charge is -2.30. The van der Waals surface area contributed by atoms with Crippen LogP contribution in [0.1, 0.15) is 44.1 Å². The molecule has 3 heteroatoms. The average Bonchev–Trinajstić information content (AvgIpc) is 3.35. The summed E-state index contributed by atoms with van der Waals surface area (Å²) in [4.78, 5) is 12.6. The summed E-state index contributed by atoms with van der Waals surface area (Å²) in [6.45, 7) is 0.796. The number of benzene rings is 1. The third-order valence-corrected chi connectivity index (χ3v) is 5.70. The maximum absolute atomic E-state index is 12.6. The molecule has 0 aliphatic heterocycles. The van der Waals surface area contributed by atoms with E-state index in [0.29, 0.717) is 11.8 Å². The number of hydrogen-bond acceptors (Lipinski definition) is 1. The second-order valence-corrected chi connectivity index (χ2v) is 6.93. The van der Waals surface area contributed by atoms with Crippen LogP contribution in [-0.2, 0) is 10.2 Å². The molecular formula is C18H24ClNO. The van der Waals surface area contributed by atoms with E-state index >= 15 is 0 Å². The molecule has 2 aliphatic rings. The number of amides is 1. The van der Waals surface area contributed by atoms with Crippen LogP contribution in [0.5, 0.6) is 0 Å². The predicted octanol–water partition coefficient (Wildman–Crippen LogP) is 3.88. The van der Waals surface area contributed by atoms with Crippen LogP contribution >= 0.6 is 11.6 Å².